The third kappa shape index (κ3) is 2.99. The zero-order valence-corrected chi connectivity index (χ0v) is 13.1. The fourth-order valence-electron chi connectivity index (χ4n) is 2.98. The normalized spacial score (nSPS) is 23.2. The van der Waals surface area contributed by atoms with Crippen molar-refractivity contribution in [1.82, 2.24) is 0 Å². The van der Waals surface area contributed by atoms with E-state index in [1.165, 1.54) is 0 Å². The molecule has 2 N–H and O–H groups in total. The standard InChI is InChI=1S/C15H24N2O2S/c1-3-8-20(18,19)15-7-5-4-6-14(15)17-11-13(10-16)9-12(17)2/h4-7,12-13H,3,8-11,16H2,1-2H3. The molecule has 2 atom stereocenters. The Morgan fingerprint density at radius 1 is 1.35 bits per heavy atom. The van der Waals surface area contributed by atoms with E-state index >= 15 is 0 Å². The third-order valence-corrected chi connectivity index (χ3v) is 5.94. The van der Waals surface area contributed by atoms with E-state index in [2.05, 4.69) is 11.8 Å². The van der Waals surface area contributed by atoms with Crippen LogP contribution in [0.4, 0.5) is 5.69 Å². The van der Waals surface area contributed by atoms with Gasteiger partial charge in [0.15, 0.2) is 9.84 Å². The van der Waals surface area contributed by atoms with Crippen molar-refractivity contribution in [2.75, 3.05) is 23.7 Å². The van der Waals surface area contributed by atoms with Gasteiger partial charge in [-0.15, -0.1) is 0 Å². The van der Waals surface area contributed by atoms with Crippen LogP contribution >= 0.6 is 0 Å². The summed E-state index contributed by atoms with van der Waals surface area (Å²) in [4.78, 5) is 2.66. The number of para-hydroxylation sites is 1. The van der Waals surface area contributed by atoms with Gasteiger partial charge in [0.1, 0.15) is 0 Å². The number of sulfone groups is 1. The van der Waals surface area contributed by atoms with Crippen molar-refractivity contribution < 1.29 is 8.42 Å². The highest BCUT2D eigenvalue weighted by Crippen LogP contribution is 2.33. The second-order valence-corrected chi connectivity index (χ2v) is 7.70. The molecule has 0 amide bonds. The van der Waals surface area contributed by atoms with E-state index in [0.717, 1.165) is 18.7 Å². The van der Waals surface area contributed by atoms with E-state index in [-0.39, 0.29) is 5.75 Å². The smallest absolute Gasteiger partial charge is 0.180 e. The average Bonchev–Trinajstić information content (AvgIpc) is 2.80. The van der Waals surface area contributed by atoms with Crippen LogP contribution in [0.15, 0.2) is 29.2 Å². The summed E-state index contributed by atoms with van der Waals surface area (Å²) in [6.07, 6.45) is 1.66. The Labute approximate surface area is 121 Å². The van der Waals surface area contributed by atoms with E-state index in [0.29, 0.717) is 29.8 Å². The van der Waals surface area contributed by atoms with Gasteiger partial charge in [0.2, 0.25) is 0 Å². The van der Waals surface area contributed by atoms with Crippen LogP contribution in [0, 0.1) is 5.92 Å². The molecule has 1 aromatic rings. The average molecular weight is 296 g/mol. The topological polar surface area (TPSA) is 63.4 Å². The highest BCUT2D eigenvalue weighted by molar-refractivity contribution is 7.91. The van der Waals surface area contributed by atoms with Gasteiger partial charge in [-0.05, 0) is 44.4 Å². The number of benzene rings is 1. The van der Waals surface area contributed by atoms with Gasteiger partial charge in [0, 0.05) is 12.6 Å². The minimum atomic E-state index is -3.20. The van der Waals surface area contributed by atoms with Gasteiger partial charge in [-0.1, -0.05) is 19.1 Å². The Balaban J connectivity index is 2.39. The van der Waals surface area contributed by atoms with Crippen molar-refractivity contribution >= 4 is 15.5 Å². The van der Waals surface area contributed by atoms with Crippen LogP contribution in [-0.4, -0.2) is 33.3 Å². The summed E-state index contributed by atoms with van der Waals surface area (Å²) in [5.74, 6) is 0.652. The van der Waals surface area contributed by atoms with Crippen molar-refractivity contribution in [3.63, 3.8) is 0 Å². The first-order chi connectivity index (χ1) is 9.49. The molecule has 1 heterocycles. The Morgan fingerprint density at radius 3 is 2.65 bits per heavy atom. The van der Waals surface area contributed by atoms with Crippen molar-refractivity contribution in [3.8, 4) is 0 Å². The van der Waals surface area contributed by atoms with Crippen LogP contribution in [0.3, 0.4) is 0 Å². The maximum absolute atomic E-state index is 12.4. The molecule has 5 heteroatoms. The molecule has 0 aromatic heterocycles. The van der Waals surface area contributed by atoms with Crippen LogP contribution in [-0.2, 0) is 9.84 Å². The monoisotopic (exact) mass is 296 g/mol. The Bertz CT molecular complexity index is 557. The van der Waals surface area contributed by atoms with Crippen LogP contribution in [0.2, 0.25) is 0 Å². The number of hydrogen-bond acceptors (Lipinski definition) is 4. The van der Waals surface area contributed by atoms with Crippen molar-refractivity contribution in [1.29, 1.82) is 0 Å². The third-order valence-electron chi connectivity index (χ3n) is 3.98. The van der Waals surface area contributed by atoms with Gasteiger partial charge in [-0.2, -0.15) is 0 Å². The molecule has 0 radical (unpaired) electrons. The lowest BCUT2D eigenvalue weighted by molar-refractivity contribution is 0.579. The molecule has 1 saturated heterocycles. The zero-order chi connectivity index (χ0) is 14.8. The van der Waals surface area contributed by atoms with Gasteiger partial charge in [-0.25, -0.2) is 8.42 Å². The van der Waals surface area contributed by atoms with Gasteiger partial charge in [0.05, 0.1) is 16.3 Å². The molecule has 0 aliphatic carbocycles. The van der Waals surface area contributed by atoms with Crippen molar-refractivity contribution in [3.05, 3.63) is 24.3 Å². The lowest BCUT2D eigenvalue weighted by atomic mass is 10.1. The van der Waals surface area contributed by atoms with Crippen LogP contribution in [0.1, 0.15) is 26.7 Å². The molecule has 1 aromatic carbocycles. The van der Waals surface area contributed by atoms with Gasteiger partial charge in [-0.3, -0.25) is 0 Å². The van der Waals surface area contributed by atoms with Gasteiger partial charge in [0.25, 0.3) is 0 Å². The van der Waals surface area contributed by atoms with Crippen LogP contribution < -0.4 is 10.6 Å². The Hall–Kier alpha value is -1.07. The quantitative estimate of drug-likeness (QED) is 0.903. The first-order valence-electron chi connectivity index (χ1n) is 7.28. The molecule has 4 nitrogen and oxygen atoms in total. The summed E-state index contributed by atoms with van der Waals surface area (Å²) < 4.78 is 24.8. The number of rotatable bonds is 5. The fraction of sp³-hybridized carbons (Fsp3) is 0.600. The second-order valence-electron chi connectivity index (χ2n) is 5.63. The number of hydrogen-bond donors (Lipinski definition) is 1. The predicted molar refractivity (Wildman–Crippen MR) is 82.8 cm³/mol. The molecule has 1 aliphatic rings. The Morgan fingerprint density at radius 2 is 2.05 bits per heavy atom. The number of nitrogens with two attached hydrogens (primary N) is 1. The molecule has 0 saturated carbocycles. The highest BCUT2D eigenvalue weighted by atomic mass is 32.2. The maximum atomic E-state index is 12.4. The van der Waals surface area contributed by atoms with Crippen molar-refractivity contribution in [2.45, 2.75) is 37.6 Å². The predicted octanol–water partition coefficient (Wildman–Crippen LogP) is 2.04. The summed E-state index contributed by atoms with van der Waals surface area (Å²) in [6, 6.07) is 7.68. The van der Waals surface area contributed by atoms with E-state index in [9.17, 15) is 8.42 Å². The van der Waals surface area contributed by atoms with Crippen molar-refractivity contribution in [2.24, 2.45) is 11.7 Å². The molecule has 1 aliphatic heterocycles. The van der Waals surface area contributed by atoms with Crippen LogP contribution in [0.25, 0.3) is 0 Å². The summed E-state index contributed by atoms with van der Waals surface area (Å²) in [7, 11) is -3.20. The fourth-order valence-corrected chi connectivity index (χ4v) is 4.53. The molecule has 1 fully saturated rings. The largest absolute Gasteiger partial charge is 0.367 e. The molecule has 20 heavy (non-hydrogen) atoms. The summed E-state index contributed by atoms with van der Waals surface area (Å²) in [6.45, 7) is 5.53. The molecule has 2 unspecified atom stereocenters. The van der Waals surface area contributed by atoms with Gasteiger partial charge >= 0.3 is 0 Å². The Kier molecular flexibility index (Phi) is 4.70. The van der Waals surface area contributed by atoms with E-state index in [1.54, 1.807) is 12.1 Å². The lowest BCUT2D eigenvalue weighted by Crippen LogP contribution is -2.29. The SMILES string of the molecule is CCCS(=O)(=O)c1ccccc1N1CC(CN)CC1C. The summed E-state index contributed by atoms with van der Waals surface area (Å²) >= 11 is 0. The first kappa shape index (κ1) is 15.3. The highest BCUT2D eigenvalue weighted by Gasteiger charge is 2.31. The zero-order valence-electron chi connectivity index (χ0n) is 12.2. The van der Waals surface area contributed by atoms with Crippen LogP contribution in [0.5, 0.6) is 0 Å². The lowest BCUT2D eigenvalue weighted by Gasteiger charge is -2.26. The molecule has 0 bridgehead atoms. The van der Waals surface area contributed by atoms with E-state index in [4.69, 9.17) is 5.73 Å². The molecule has 0 spiro atoms. The molecular weight excluding hydrogens is 272 g/mol. The minimum absolute atomic E-state index is 0.201. The number of anilines is 1. The maximum Gasteiger partial charge on any atom is 0.180 e. The number of nitrogens with zero attached hydrogens (tertiary/aromatic N) is 1. The van der Waals surface area contributed by atoms with Gasteiger partial charge < -0.3 is 10.6 Å². The first-order valence-corrected chi connectivity index (χ1v) is 8.93. The second kappa shape index (κ2) is 6.14. The molecule has 112 valence electrons. The molecular formula is C15H24N2O2S. The minimum Gasteiger partial charge on any atom is -0.367 e. The van der Waals surface area contributed by atoms with E-state index < -0.39 is 9.84 Å². The molecule has 2 rings (SSSR count). The van der Waals surface area contributed by atoms with E-state index in [1.807, 2.05) is 19.1 Å². The summed E-state index contributed by atoms with van der Waals surface area (Å²) in [5, 5.41) is 0. The summed E-state index contributed by atoms with van der Waals surface area (Å²) in [5.41, 5.74) is 6.60.